The predicted molar refractivity (Wildman–Crippen MR) is 161 cm³/mol. The zero-order chi connectivity index (χ0) is 27.9. The van der Waals surface area contributed by atoms with Crippen LogP contribution in [0.5, 0.6) is 17.2 Å². The van der Waals surface area contributed by atoms with Crippen molar-refractivity contribution in [1.82, 2.24) is 0 Å². The molecule has 1 aliphatic rings. The van der Waals surface area contributed by atoms with Crippen molar-refractivity contribution in [2.24, 2.45) is 0 Å². The predicted octanol–water partition coefficient (Wildman–Crippen LogP) is 6.87. The molecule has 0 atom stereocenters. The average molecular weight is 583 g/mol. The molecule has 1 N–H and O–H groups in total. The van der Waals surface area contributed by atoms with Crippen molar-refractivity contribution in [2.45, 2.75) is 20.8 Å². The molecule has 0 spiro atoms. The van der Waals surface area contributed by atoms with Crippen molar-refractivity contribution in [1.29, 1.82) is 0 Å². The van der Waals surface area contributed by atoms with E-state index in [9.17, 15) is 9.59 Å². The number of benzene rings is 3. The summed E-state index contributed by atoms with van der Waals surface area (Å²) in [5, 5.41) is 3.36. The summed E-state index contributed by atoms with van der Waals surface area (Å²) in [6.07, 6.45) is 1.75. The maximum absolute atomic E-state index is 13.2. The molecule has 1 saturated heterocycles. The highest BCUT2D eigenvalue weighted by Crippen LogP contribution is 2.38. The molecule has 0 unspecified atom stereocenters. The largest absolute Gasteiger partial charge is 0.494 e. The van der Waals surface area contributed by atoms with Crippen molar-refractivity contribution in [2.75, 3.05) is 30.0 Å². The van der Waals surface area contributed by atoms with Gasteiger partial charge in [0, 0.05) is 10.7 Å². The lowest BCUT2D eigenvalue weighted by Gasteiger charge is -2.15. The lowest BCUT2D eigenvalue weighted by atomic mass is 10.1. The summed E-state index contributed by atoms with van der Waals surface area (Å²) in [6.45, 7) is 6.42. The second-order valence-electron chi connectivity index (χ2n) is 8.38. The van der Waals surface area contributed by atoms with Gasteiger partial charge in [-0.1, -0.05) is 47.7 Å². The third-order valence-corrected chi connectivity index (χ3v) is 7.29. The molecule has 0 bridgehead atoms. The quantitative estimate of drug-likeness (QED) is 0.206. The fourth-order valence-corrected chi connectivity index (χ4v) is 5.18. The van der Waals surface area contributed by atoms with Gasteiger partial charge in [-0.15, -0.1) is 0 Å². The Kier molecular flexibility index (Phi) is 9.50. The van der Waals surface area contributed by atoms with Gasteiger partial charge in [-0.3, -0.25) is 14.5 Å². The van der Waals surface area contributed by atoms with Crippen LogP contribution < -0.4 is 24.4 Å². The first kappa shape index (κ1) is 28.5. The molecule has 3 aromatic rings. The van der Waals surface area contributed by atoms with Crippen molar-refractivity contribution in [3.8, 4) is 17.2 Å². The molecule has 4 rings (SSSR count). The minimum Gasteiger partial charge on any atom is -0.494 e. The van der Waals surface area contributed by atoms with E-state index in [0.717, 1.165) is 16.9 Å². The molecule has 7 nitrogen and oxygen atoms in total. The first-order valence-electron chi connectivity index (χ1n) is 12.3. The summed E-state index contributed by atoms with van der Waals surface area (Å²) in [6, 6.07) is 17.8. The SMILES string of the molecule is CCOc1ccc(NC(=O)COc2ccc(/C=C3\SC(=S)N(c4ccc(C)c(Cl)c4)C3=O)cc2OCC)cc1. The number of anilines is 2. The molecule has 3 aromatic carbocycles. The van der Waals surface area contributed by atoms with Crippen LogP contribution in [0.3, 0.4) is 0 Å². The topological polar surface area (TPSA) is 77.1 Å². The molecule has 0 radical (unpaired) electrons. The fraction of sp³-hybridized carbons (Fsp3) is 0.207. The van der Waals surface area contributed by atoms with Gasteiger partial charge in [0.05, 0.1) is 23.8 Å². The molecule has 1 aliphatic heterocycles. The number of carbonyl (C=O) groups is 2. The molecule has 202 valence electrons. The highest BCUT2D eigenvalue weighted by Gasteiger charge is 2.33. The average Bonchev–Trinajstić information content (AvgIpc) is 3.19. The second kappa shape index (κ2) is 13.0. The van der Waals surface area contributed by atoms with E-state index >= 15 is 0 Å². The van der Waals surface area contributed by atoms with Gasteiger partial charge in [0.15, 0.2) is 22.4 Å². The van der Waals surface area contributed by atoms with E-state index in [2.05, 4.69) is 5.32 Å². The molecule has 1 fully saturated rings. The number of thiocarbonyl (C=S) groups is 1. The van der Waals surface area contributed by atoms with Gasteiger partial charge < -0.3 is 19.5 Å². The van der Waals surface area contributed by atoms with Crippen LogP contribution in [-0.4, -0.2) is 36.0 Å². The third kappa shape index (κ3) is 7.11. The zero-order valence-corrected chi connectivity index (χ0v) is 24.0. The van der Waals surface area contributed by atoms with Crippen molar-refractivity contribution in [3.63, 3.8) is 0 Å². The Hall–Kier alpha value is -3.53. The normalized spacial score (nSPS) is 14.1. The molecular weight excluding hydrogens is 556 g/mol. The summed E-state index contributed by atoms with van der Waals surface area (Å²) < 4.78 is 17.3. The van der Waals surface area contributed by atoms with Crippen LogP contribution in [0.2, 0.25) is 5.02 Å². The van der Waals surface area contributed by atoms with Crippen LogP contribution in [0.1, 0.15) is 25.0 Å². The Morgan fingerprint density at radius 3 is 2.44 bits per heavy atom. The highest BCUT2D eigenvalue weighted by molar-refractivity contribution is 8.27. The van der Waals surface area contributed by atoms with E-state index < -0.39 is 0 Å². The maximum atomic E-state index is 13.2. The van der Waals surface area contributed by atoms with Crippen molar-refractivity contribution in [3.05, 3.63) is 81.7 Å². The lowest BCUT2D eigenvalue weighted by Crippen LogP contribution is -2.27. The smallest absolute Gasteiger partial charge is 0.270 e. The Morgan fingerprint density at radius 2 is 1.74 bits per heavy atom. The van der Waals surface area contributed by atoms with Crippen LogP contribution in [0.25, 0.3) is 6.08 Å². The Morgan fingerprint density at radius 1 is 1.00 bits per heavy atom. The van der Waals surface area contributed by atoms with Crippen LogP contribution in [0.15, 0.2) is 65.6 Å². The molecule has 0 saturated carbocycles. The van der Waals surface area contributed by atoms with E-state index in [1.165, 1.54) is 16.7 Å². The van der Waals surface area contributed by atoms with Crippen molar-refractivity contribution >= 4 is 69.2 Å². The molecule has 2 amide bonds. The van der Waals surface area contributed by atoms with E-state index in [-0.39, 0.29) is 18.4 Å². The number of ether oxygens (including phenoxy) is 3. The van der Waals surface area contributed by atoms with E-state index in [4.69, 9.17) is 38.0 Å². The summed E-state index contributed by atoms with van der Waals surface area (Å²) in [4.78, 5) is 27.6. The fourth-order valence-electron chi connectivity index (χ4n) is 3.71. The first-order chi connectivity index (χ1) is 18.8. The monoisotopic (exact) mass is 582 g/mol. The number of hydrogen-bond acceptors (Lipinski definition) is 7. The number of rotatable bonds is 10. The van der Waals surface area contributed by atoms with Gasteiger partial charge in [0.25, 0.3) is 11.8 Å². The molecule has 0 aromatic heterocycles. The standard InChI is InChI=1S/C29H27ClN2O5S2/c1-4-35-22-11-8-20(9-12-22)31-27(33)17-37-24-13-7-19(14-25(24)36-5-2)15-26-28(34)32(29(38)39-26)21-10-6-18(3)23(30)16-21/h6-16H,4-5,17H2,1-3H3,(H,31,33)/b26-15-. The number of hydrogen-bond donors (Lipinski definition) is 1. The van der Waals surface area contributed by atoms with Crippen molar-refractivity contribution < 1.29 is 23.8 Å². The summed E-state index contributed by atoms with van der Waals surface area (Å²) >= 11 is 13.0. The Balaban J connectivity index is 1.44. The molecule has 39 heavy (non-hydrogen) atoms. The summed E-state index contributed by atoms with van der Waals surface area (Å²) in [5.74, 6) is 1.06. The summed E-state index contributed by atoms with van der Waals surface area (Å²) in [5.41, 5.74) is 2.91. The van der Waals surface area contributed by atoms with E-state index in [1.54, 1.807) is 54.6 Å². The van der Waals surface area contributed by atoms with Crippen LogP contribution in [0.4, 0.5) is 11.4 Å². The first-order valence-corrected chi connectivity index (χ1v) is 13.9. The molecule has 1 heterocycles. The van der Waals surface area contributed by atoms with Gasteiger partial charge in [-0.25, -0.2) is 0 Å². The van der Waals surface area contributed by atoms with Gasteiger partial charge in [-0.05, 0) is 86.5 Å². The van der Waals surface area contributed by atoms with Gasteiger partial charge in [-0.2, -0.15) is 0 Å². The van der Waals surface area contributed by atoms with Gasteiger partial charge >= 0.3 is 0 Å². The van der Waals surface area contributed by atoms with Crippen LogP contribution in [-0.2, 0) is 9.59 Å². The third-order valence-electron chi connectivity index (χ3n) is 5.58. The summed E-state index contributed by atoms with van der Waals surface area (Å²) in [7, 11) is 0. The lowest BCUT2D eigenvalue weighted by molar-refractivity contribution is -0.118. The number of thioether (sulfide) groups is 1. The Labute approximate surface area is 242 Å². The number of nitrogens with zero attached hydrogens (tertiary/aromatic N) is 1. The number of carbonyl (C=O) groups excluding carboxylic acids is 2. The van der Waals surface area contributed by atoms with Crippen LogP contribution in [0, 0.1) is 6.92 Å². The van der Waals surface area contributed by atoms with Crippen LogP contribution >= 0.6 is 35.6 Å². The molecule has 0 aliphatic carbocycles. The number of halogens is 1. The maximum Gasteiger partial charge on any atom is 0.270 e. The Bertz CT molecular complexity index is 1430. The minimum absolute atomic E-state index is 0.204. The number of nitrogens with one attached hydrogen (secondary N) is 1. The molecular formula is C29H27ClN2O5S2. The van der Waals surface area contributed by atoms with Gasteiger partial charge in [0.1, 0.15) is 5.75 Å². The van der Waals surface area contributed by atoms with E-state index in [0.29, 0.717) is 50.3 Å². The highest BCUT2D eigenvalue weighted by atomic mass is 35.5. The second-order valence-corrected chi connectivity index (χ2v) is 10.5. The minimum atomic E-state index is -0.314. The van der Waals surface area contributed by atoms with Gasteiger partial charge in [0.2, 0.25) is 0 Å². The number of amides is 2. The number of aryl methyl sites for hydroxylation is 1. The zero-order valence-electron chi connectivity index (χ0n) is 21.7. The molecule has 10 heteroatoms. The van der Waals surface area contributed by atoms with E-state index in [1.807, 2.05) is 32.9 Å².